The molecule has 0 bridgehead atoms. The van der Waals surface area contributed by atoms with E-state index in [1.807, 2.05) is 37.4 Å². The molecule has 0 atom stereocenters. The van der Waals surface area contributed by atoms with Gasteiger partial charge in [-0.2, -0.15) is 5.10 Å². The molecule has 1 N–H and O–H groups in total. The second-order valence-electron chi connectivity index (χ2n) is 6.62. The molecule has 0 spiro atoms. The van der Waals surface area contributed by atoms with E-state index in [-0.39, 0.29) is 5.91 Å². The standard InChI is InChI=1S/C22H21N5O/c1-3-15-4-6-16(7-5-15)14-25-22(28)20-21-18(10-13-24-20)19(26-27(21)2)17-8-11-23-12-9-17/h4-13H,3,14H2,1-2H3,(H,25,28). The molecule has 1 amide bonds. The minimum Gasteiger partial charge on any atom is -0.347 e. The van der Waals surface area contributed by atoms with E-state index in [0.29, 0.717) is 17.8 Å². The summed E-state index contributed by atoms with van der Waals surface area (Å²) in [6, 6.07) is 13.9. The molecule has 0 aliphatic carbocycles. The van der Waals surface area contributed by atoms with Crippen LogP contribution in [0.1, 0.15) is 28.5 Å². The van der Waals surface area contributed by atoms with Crippen LogP contribution in [-0.4, -0.2) is 25.7 Å². The van der Waals surface area contributed by atoms with E-state index >= 15 is 0 Å². The van der Waals surface area contributed by atoms with E-state index in [1.54, 1.807) is 23.3 Å². The second-order valence-corrected chi connectivity index (χ2v) is 6.62. The van der Waals surface area contributed by atoms with Gasteiger partial charge in [-0.1, -0.05) is 31.2 Å². The lowest BCUT2D eigenvalue weighted by Gasteiger charge is -2.07. The third-order valence-electron chi connectivity index (χ3n) is 4.81. The summed E-state index contributed by atoms with van der Waals surface area (Å²) in [7, 11) is 1.83. The first-order valence-electron chi connectivity index (χ1n) is 9.25. The van der Waals surface area contributed by atoms with Gasteiger partial charge >= 0.3 is 0 Å². The quantitative estimate of drug-likeness (QED) is 0.583. The maximum Gasteiger partial charge on any atom is 0.272 e. The highest BCUT2D eigenvalue weighted by Gasteiger charge is 2.19. The van der Waals surface area contributed by atoms with Crippen molar-refractivity contribution in [2.75, 3.05) is 0 Å². The van der Waals surface area contributed by atoms with E-state index in [4.69, 9.17) is 0 Å². The predicted molar refractivity (Wildman–Crippen MR) is 109 cm³/mol. The molecular formula is C22H21N5O. The van der Waals surface area contributed by atoms with Crippen LogP contribution in [0.5, 0.6) is 0 Å². The van der Waals surface area contributed by atoms with Crippen LogP contribution in [0.3, 0.4) is 0 Å². The number of hydrogen-bond acceptors (Lipinski definition) is 4. The molecule has 6 nitrogen and oxygen atoms in total. The molecule has 0 aliphatic heterocycles. The highest BCUT2D eigenvalue weighted by molar-refractivity contribution is 6.07. The third kappa shape index (κ3) is 3.36. The number of nitrogens with one attached hydrogen (secondary N) is 1. The zero-order chi connectivity index (χ0) is 19.5. The smallest absolute Gasteiger partial charge is 0.272 e. The van der Waals surface area contributed by atoms with Crippen LogP contribution in [0, 0.1) is 0 Å². The van der Waals surface area contributed by atoms with Crippen molar-refractivity contribution in [2.45, 2.75) is 19.9 Å². The van der Waals surface area contributed by atoms with Crippen molar-refractivity contribution in [3.63, 3.8) is 0 Å². The number of aromatic nitrogens is 4. The molecule has 0 unspecified atom stereocenters. The van der Waals surface area contributed by atoms with E-state index < -0.39 is 0 Å². The van der Waals surface area contributed by atoms with Crippen molar-refractivity contribution in [1.82, 2.24) is 25.1 Å². The number of nitrogens with zero attached hydrogens (tertiary/aromatic N) is 4. The molecule has 4 rings (SSSR count). The summed E-state index contributed by atoms with van der Waals surface area (Å²) in [5.41, 5.74) is 5.19. The number of aryl methyl sites for hydroxylation is 2. The fourth-order valence-corrected chi connectivity index (χ4v) is 3.27. The lowest BCUT2D eigenvalue weighted by atomic mass is 10.1. The molecular weight excluding hydrogens is 350 g/mol. The zero-order valence-corrected chi connectivity index (χ0v) is 15.9. The van der Waals surface area contributed by atoms with Gasteiger partial charge < -0.3 is 5.32 Å². The Morgan fingerprint density at radius 3 is 2.43 bits per heavy atom. The molecule has 4 aromatic rings. The molecule has 3 heterocycles. The van der Waals surface area contributed by atoms with Crippen LogP contribution in [0.4, 0.5) is 0 Å². The normalized spacial score (nSPS) is 10.9. The van der Waals surface area contributed by atoms with Crippen LogP contribution < -0.4 is 5.32 Å². The van der Waals surface area contributed by atoms with Crippen LogP contribution in [0.15, 0.2) is 61.1 Å². The van der Waals surface area contributed by atoms with Crippen molar-refractivity contribution in [3.8, 4) is 11.3 Å². The molecule has 140 valence electrons. The maximum absolute atomic E-state index is 12.8. The topological polar surface area (TPSA) is 72.7 Å². The van der Waals surface area contributed by atoms with Gasteiger partial charge in [-0.15, -0.1) is 0 Å². The summed E-state index contributed by atoms with van der Waals surface area (Å²) in [5.74, 6) is -0.213. The van der Waals surface area contributed by atoms with E-state index in [0.717, 1.165) is 28.6 Å². The van der Waals surface area contributed by atoms with Gasteiger partial charge in [0, 0.05) is 43.1 Å². The second kappa shape index (κ2) is 7.60. The van der Waals surface area contributed by atoms with Crippen LogP contribution in [0.2, 0.25) is 0 Å². The first-order chi connectivity index (χ1) is 13.7. The predicted octanol–water partition coefficient (Wildman–Crippen LogP) is 3.52. The van der Waals surface area contributed by atoms with Crippen molar-refractivity contribution in [1.29, 1.82) is 0 Å². The fraction of sp³-hybridized carbons (Fsp3) is 0.182. The minimum atomic E-state index is -0.213. The third-order valence-corrected chi connectivity index (χ3v) is 4.81. The molecule has 0 fully saturated rings. The van der Waals surface area contributed by atoms with Gasteiger partial charge in [-0.05, 0) is 35.7 Å². The van der Waals surface area contributed by atoms with Crippen LogP contribution >= 0.6 is 0 Å². The zero-order valence-electron chi connectivity index (χ0n) is 15.9. The lowest BCUT2D eigenvalue weighted by molar-refractivity contribution is 0.0947. The molecule has 6 heteroatoms. The summed E-state index contributed by atoms with van der Waals surface area (Å²) in [6.45, 7) is 2.58. The highest BCUT2D eigenvalue weighted by atomic mass is 16.1. The van der Waals surface area contributed by atoms with Gasteiger partial charge in [0.05, 0.1) is 5.52 Å². The summed E-state index contributed by atoms with van der Waals surface area (Å²) in [6.07, 6.45) is 6.11. The summed E-state index contributed by atoms with van der Waals surface area (Å²) < 4.78 is 1.71. The summed E-state index contributed by atoms with van der Waals surface area (Å²) in [5, 5.41) is 8.47. The van der Waals surface area contributed by atoms with Gasteiger partial charge in [-0.3, -0.25) is 14.5 Å². The van der Waals surface area contributed by atoms with Gasteiger partial charge in [-0.25, -0.2) is 4.98 Å². The molecule has 3 aromatic heterocycles. The van der Waals surface area contributed by atoms with Gasteiger partial charge in [0.25, 0.3) is 5.91 Å². The van der Waals surface area contributed by atoms with E-state index in [2.05, 4.69) is 39.4 Å². The Balaban J connectivity index is 1.63. The SMILES string of the molecule is CCc1ccc(CNC(=O)c2nccc3c(-c4ccncc4)nn(C)c23)cc1. The number of benzene rings is 1. The van der Waals surface area contributed by atoms with E-state index in [1.165, 1.54) is 5.56 Å². The Morgan fingerprint density at radius 1 is 1.00 bits per heavy atom. The number of amides is 1. The van der Waals surface area contributed by atoms with Crippen LogP contribution in [0.25, 0.3) is 22.2 Å². The average Bonchev–Trinajstić information content (AvgIpc) is 3.10. The van der Waals surface area contributed by atoms with Crippen molar-refractivity contribution in [2.24, 2.45) is 7.05 Å². The fourth-order valence-electron chi connectivity index (χ4n) is 3.27. The van der Waals surface area contributed by atoms with Gasteiger partial charge in [0.2, 0.25) is 0 Å². The number of pyridine rings is 2. The minimum absolute atomic E-state index is 0.213. The molecule has 0 radical (unpaired) electrons. The monoisotopic (exact) mass is 371 g/mol. The Hall–Kier alpha value is -3.54. The Morgan fingerprint density at radius 2 is 1.71 bits per heavy atom. The first kappa shape index (κ1) is 17.9. The van der Waals surface area contributed by atoms with Gasteiger partial charge in [0.15, 0.2) is 5.69 Å². The largest absolute Gasteiger partial charge is 0.347 e. The molecule has 28 heavy (non-hydrogen) atoms. The highest BCUT2D eigenvalue weighted by Crippen LogP contribution is 2.28. The molecule has 0 aliphatic rings. The summed E-state index contributed by atoms with van der Waals surface area (Å²) in [4.78, 5) is 21.2. The lowest BCUT2D eigenvalue weighted by Crippen LogP contribution is -2.24. The summed E-state index contributed by atoms with van der Waals surface area (Å²) >= 11 is 0. The van der Waals surface area contributed by atoms with Gasteiger partial charge in [0.1, 0.15) is 5.69 Å². The number of hydrogen-bond donors (Lipinski definition) is 1. The number of carbonyl (C=O) groups excluding carboxylic acids is 1. The number of carbonyl (C=O) groups is 1. The Kier molecular flexibility index (Phi) is 4.85. The number of fused-ring (bicyclic) bond motifs is 1. The molecule has 0 saturated heterocycles. The van der Waals surface area contributed by atoms with Crippen LogP contribution in [-0.2, 0) is 20.0 Å². The average molecular weight is 371 g/mol. The number of rotatable bonds is 5. The Labute approximate surface area is 163 Å². The first-order valence-corrected chi connectivity index (χ1v) is 9.25. The van der Waals surface area contributed by atoms with Crippen molar-refractivity contribution < 1.29 is 4.79 Å². The van der Waals surface area contributed by atoms with Crippen molar-refractivity contribution >= 4 is 16.8 Å². The van der Waals surface area contributed by atoms with Crippen molar-refractivity contribution in [3.05, 3.63) is 77.9 Å². The molecule has 0 saturated carbocycles. The Bertz CT molecular complexity index is 1120. The molecule has 1 aromatic carbocycles. The van der Waals surface area contributed by atoms with E-state index in [9.17, 15) is 4.79 Å². The maximum atomic E-state index is 12.8.